The van der Waals surface area contributed by atoms with Crippen LogP contribution in [-0.4, -0.2) is 9.97 Å². The second kappa shape index (κ2) is 7.08. The molecule has 2 heterocycles. The Labute approximate surface area is 172 Å². The van der Waals surface area contributed by atoms with Crippen molar-refractivity contribution in [1.29, 1.82) is 0 Å². The van der Waals surface area contributed by atoms with Crippen LogP contribution in [0, 0.1) is 0 Å². The number of aromatic nitrogens is 2. The number of benzene rings is 3. The standard InChI is InChI=1S/C24H16ClN3O/c25-17-12-10-16(11-13-17)20-14-18(15-6-2-1-3-7-15)22(23(26)27-20)24-28-19-8-4-5-9-21(19)29-24/h1-14H,(H2,26,27). The Balaban J connectivity index is 1.76. The maximum atomic E-state index is 6.44. The minimum absolute atomic E-state index is 0.364. The summed E-state index contributed by atoms with van der Waals surface area (Å²) in [5.41, 5.74) is 12.2. The van der Waals surface area contributed by atoms with E-state index in [0.29, 0.717) is 27.9 Å². The van der Waals surface area contributed by atoms with Crippen LogP contribution in [0.5, 0.6) is 0 Å². The van der Waals surface area contributed by atoms with Crippen molar-refractivity contribution in [2.75, 3.05) is 5.73 Å². The lowest BCUT2D eigenvalue weighted by Gasteiger charge is -2.12. The lowest BCUT2D eigenvalue weighted by molar-refractivity contribution is 0.620. The van der Waals surface area contributed by atoms with Crippen molar-refractivity contribution in [1.82, 2.24) is 9.97 Å². The van der Waals surface area contributed by atoms with E-state index in [-0.39, 0.29) is 0 Å². The van der Waals surface area contributed by atoms with E-state index >= 15 is 0 Å². The molecule has 0 aliphatic carbocycles. The lowest BCUT2D eigenvalue weighted by Crippen LogP contribution is -1.99. The summed E-state index contributed by atoms with van der Waals surface area (Å²) in [6, 6.07) is 27.2. The number of oxazole rings is 1. The van der Waals surface area contributed by atoms with Crippen LogP contribution in [0.15, 0.2) is 89.3 Å². The van der Waals surface area contributed by atoms with Crippen molar-refractivity contribution in [2.45, 2.75) is 0 Å². The molecule has 5 heteroatoms. The predicted octanol–water partition coefficient (Wildman–Crippen LogP) is 6.46. The number of pyridine rings is 1. The molecule has 0 aliphatic heterocycles. The number of fused-ring (bicyclic) bond motifs is 1. The Kier molecular flexibility index (Phi) is 4.26. The highest BCUT2D eigenvalue weighted by Gasteiger charge is 2.20. The zero-order chi connectivity index (χ0) is 19.8. The number of rotatable bonds is 3. The van der Waals surface area contributed by atoms with Gasteiger partial charge in [-0.2, -0.15) is 0 Å². The van der Waals surface area contributed by atoms with Gasteiger partial charge in [-0.3, -0.25) is 0 Å². The van der Waals surface area contributed by atoms with Crippen molar-refractivity contribution >= 4 is 28.5 Å². The number of hydrogen-bond donors (Lipinski definition) is 1. The molecule has 0 fully saturated rings. The van der Waals surface area contributed by atoms with E-state index in [4.69, 9.17) is 21.8 Å². The first-order valence-electron chi connectivity index (χ1n) is 9.17. The van der Waals surface area contributed by atoms with E-state index in [0.717, 1.165) is 27.9 Å². The second-order valence-electron chi connectivity index (χ2n) is 6.67. The topological polar surface area (TPSA) is 64.9 Å². The van der Waals surface area contributed by atoms with E-state index in [1.54, 1.807) is 0 Å². The van der Waals surface area contributed by atoms with Crippen LogP contribution in [0.3, 0.4) is 0 Å². The Morgan fingerprint density at radius 2 is 1.48 bits per heavy atom. The smallest absolute Gasteiger partial charge is 0.231 e. The van der Waals surface area contributed by atoms with Crippen molar-refractivity contribution in [2.24, 2.45) is 0 Å². The Hall–Kier alpha value is -3.63. The van der Waals surface area contributed by atoms with Crippen LogP contribution in [-0.2, 0) is 0 Å². The summed E-state index contributed by atoms with van der Waals surface area (Å²) in [6.07, 6.45) is 0. The van der Waals surface area contributed by atoms with Gasteiger partial charge >= 0.3 is 0 Å². The second-order valence-corrected chi connectivity index (χ2v) is 7.11. The number of halogens is 1. The van der Waals surface area contributed by atoms with Gasteiger partial charge in [0.25, 0.3) is 0 Å². The normalized spacial score (nSPS) is 11.1. The molecule has 3 aromatic carbocycles. The zero-order valence-corrected chi connectivity index (χ0v) is 16.1. The van der Waals surface area contributed by atoms with Gasteiger partial charge in [0.15, 0.2) is 5.58 Å². The third-order valence-electron chi connectivity index (χ3n) is 4.78. The molecular formula is C24H16ClN3O. The average Bonchev–Trinajstić information content (AvgIpc) is 3.18. The third-order valence-corrected chi connectivity index (χ3v) is 5.03. The summed E-state index contributed by atoms with van der Waals surface area (Å²) in [7, 11) is 0. The molecule has 4 nitrogen and oxygen atoms in total. The molecule has 2 N–H and O–H groups in total. The Bertz CT molecular complexity index is 1280. The van der Waals surface area contributed by atoms with Gasteiger partial charge in [0, 0.05) is 16.1 Å². The lowest BCUT2D eigenvalue weighted by atomic mass is 9.98. The molecule has 0 bridgehead atoms. The molecule has 0 amide bonds. The maximum Gasteiger partial charge on any atom is 0.231 e. The SMILES string of the molecule is Nc1nc(-c2ccc(Cl)cc2)cc(-c2ccccc2)c1-c1nc2ccccc2o1. The van der Waals surface area contributed by atoms with Crippen LogP contribution >= 0.6 is 11.6 Å². The molecule has 0 saturated carbocycles. The fraction of sp³-hybridized carbons (Fsp3) is 0. The summed E-state index contributed by atoms with van der Waals surface area (Å²) in [5, 5.41) is 0.674. The summed E-state index contributed by atoms with van der Waals surface area (Å²) < 4.78 is 6.01. The van der Waals surface area contributed by atoms with Gasteiger partial charge < -0.3 is 10.2 Å². The van der Waals surface area contributed by atoms with Gasteiger partial charge in [0.1, 0.15) is 11.3 Å². The van der Waals surface area contributed by atoms with Gasteiger partial charge in [0.2, 0.25) is 5.89 Å². The number of para-hydroxylation sites is 2. The fourth-order valence-corrected chi connectivity index (χ4v) is 3.51. The molecule has 140 valence electrons. The third kappa shape index (κ3) is 3.24. The van der Waals surface area contributed by atoms with Gasteiger partial charge in [0.05, 0.1) is 11.3 Å². The van der Waals surface area contributed by atoms with Crippen LogP contribution in [0.2, 0.25) is 5.02 Å². The highest BCUT2D eigenvalue weighted by atomic mass is 35.5. The van der Waals surface area contributed by atoms with E-state index in [1.807, 2.05) is 84.9 Å². The van der Waals surface area contributed by atoms with Gasteiger partial charge in [-0.25, -0.2) is 9.97 Å². The first-order chi connectivity index (χ1) is 14.2. The molecule has 2 aromatic heterocycles. The van der Waals surface area contributed by atoms with Crippen molar-refractivity contribution in [3.8, 4) is 33.8 Å². The number of nitrogen functional groups attached to an aromatic ring is 1. The van der Waals surface area contributed by atoms with E-state index in [9.17, 15) is 0 Å². The number of nitrogens with zero attached hydrogens (tertiary/aromatic N) is 2. The zero-order valence-electron chi connectivity index (χ0n) is 15.3. The van der Waals surface area contributed by atoms with Crippen molar-refractivity contribution < 1.29 is 4.42 Å². The molecule has 5 rings (SSSR count). The van der Waals surface area contributed by atoms with Crippen LogP contribution in [0.4, 0.5) is 5.82 Å². The monoisotopic (exact) mass is 397 g/mol. The van der Waals surface area contributed by atoms with E-state index in [2.05, 4.69) is 9.97 Å². The molecule has 5 aromatic rings. The summed E-state index contributed by atoms with van der Waals surface area (Å²) in [6.45, 7) is 0. The summed E-state index contributed by atoms with van der Waals surface area (Å²) in [4.78, 5) is 9.28. The molecule has 0 saturated heterocycles. The quantitative estimate of drug-likeness (QED) is 0.379. The first-order valence-corrected chi connectivity index (χ1v) is 9.55. The predicted molar refractivity (Wildman–Crippen MR) is 118 cm³/mol. The van der Waals surface area contributed by atoms with E-state index in [1.165, 1.54) is 0 Å². The number of hydrogen-bond acceptors (Lipinski definition) is 4. The highest BCUT2D eigenvalue weighted by molar-refractivity contribution is 6.30. The first kappa shape index (κ1) is 17.5. The molecule has 0 unspecified atom stereocenters. The molecule has 29 heavy (non-hydrogen) atoms. The molecule has 0 aliphatic rings. The van der Waals surface area contributed by atoms with Crippen LogP contribution in [0.1, 0.15) is 0 Å². The molecule has 0 spiro atoms. The minimum atomic E-state index is 0.364. The number of anilines is 1. The maximum absolute atomic E-state index is 6.44. The largest absolute Gasteiger partial charge is 0.436 e. The van der Waals surface area contributed by atoms with Gasteiger partial charge in [-0.05, 0) is 35.9 Å². The fourth-order valence-electron chi connectivity index (χ4n) is 3.38. The Morgan fingerprint density at radius 1 is 0.759 bits per heavy atom. The molecule has 0 radical (unpaired) electrons. The van der Waals surface area contributed by atoms with E-state index < -0.39 is 0 Å². The van der Waals surface area contributed by atoms with Gasteiger partial charge in [-0.1, -0.05) is 66.2 Å². The number of nitrogens with two attached hydrogens (primary N) is 1. The van der Waals surface area contributed by atoms with Gasteiger partial charge in [-0.15, -0.1) is 0 Å². The Morgan fingerprint density at radius 3 is 2.24 bits per heavy atom. The van der Waals surface area contributed by atoms with Crippen LogP contribution in [0.25, 0.3) is 44.9 Å². The molecule has 0 atom stereocenters. The molecular weight excluding hydrogens is 382 g/mol. The van der Waals surface area contributed by atoms with Crippen molar-refractivity contribution in [3.63, 3.8) is 0 Å². The summed E-state index contributed by atoms with van der Waals surface area (Å²) in [5.74, 6) is 0.820. The van der Waals surface area contributed by atoms with Crippen molar-refractivity contribution in [3.05, 3.63) is 90.0 Å². The summed E-state index contributed by atoms with van der Waals surface area (Å²) >= 11 is 6.04. The van der Waals surface area contributed by atoms with Crippen LogP contribution < -0.4 is 5.73 Å². The highest BCUT2D eigenvalue weighted by Crippen LogP contribution is 2.39. The average molecular weight is 398 g/mol. The minimum Gasteiger partial charge on any atom is -0.436 e.